The van der Waals surface area contributed by atoms with Crippen LogP contribution in [0.3, 0.4) is 0 Å². The number of nitrogens with one attached hydrogen (secondary N) is 2. The summed E-state index contributed by atoms with van der Waals surface area (Å²) >= 11 is 0. The number of ketones is 3. The Bertz CT molecular complexity index is 1890. The molecule has 2 saturated heterocycles. The smallest absolute Gasteiger partial charge is 0.410 e. The third-order valence-electron chi connectivity index (χ3n) is 13.1. The van der Waals surface area contributed by atoms with Crippen molar-refractivity contribution in [3.05, 3.63) is 48.0 Å². The van der Waals surface area contributed by atoms with Gasteiger partial charge in [0.1, 0.15) is 12.1 Å². The molecular formula is C48H69N5O9. The van der Waals surface area contributed by atoms with Gasteiger partial charge in [-0.25, -0.2) is 9.59 Å². The van der Waals surface area contributed by atoms with E-state index in [2.05, 4.69) is 17.2 Å². The normalized spacial score (nSPS) is 21.8. The summed E-state index contributed by atoms with van der Waals surface area (Å²) in [6.45, 7) is 19.0. The van der Waals surface area contributed by atoms with E-state index in [9.17, 15) is 38.4 Å². The van der Waals surface area contributed by atoms with E-state index in [1.807, 2.05) is 58.9 Å². The Morgan fingerprint density at radius 2 is 1.58 bits per heavy atom. The summed E-state index contributed by atoms with van der Waals surface area (Å²) in [6, 6.07) is 4.22. The molecule has 6 amide bonds. The van der Waals surface area contributed by atoms with Crippen LogP contribution in [0, 0.1) is 28.1 Å². The van der Waals surface area contributed by atoms with Gasteiger partial charge in [-0.05, 0) is 52.6 Å². The van der Waals surface area contributed by atoms with Crippen molar-refractivity contribution in [2.45, 2.75) is 157 Å². The molecule has 1 aliphatic carbocycles. The number of fused-ring (bicyclic) bond motifs is 1. The molecule has 5 atom stereocenters. The van der Waals surface area contributed by atoms with Gasteiger partial charge in [0.25, 0.3) is 0 Å². The van der Waals surface area contributed by atoms with Crippen LogP contribution < -0.4 is 10.6 Å². The Morgan fingerprint density at radius 1 is 0.935 bits per heavy atom. The lowest BCUT2D eigenvalue weighted by atomic mass is 9.75. The van der Waals surface area contributed by atoms with Gasteiger partial charge < -0.3 is 25.2 Å². The highest BCUT2D eigenvalue weighted by Crippen LogP contribution is 2.36. The summed E-state index contributed by atoms with van der Waals surface area (Å²) < 4.78 is 6.04. The molecule has 0 aromatic heterocycles. The zero-order valence-electron chi connectivity index (χ0n) is 38.2. The molecule has 14 nitrogen and oxygen atoms in total. The fraction of sp³-hybridized carbons (Fsp3) is 0.667. The summed E-state index contributed by atoms with van der Waals surface area (Å²) in [5.41, 5.74) is 0.215. The van der Waals surface area contributed by atoms with Crippen LogP contribution >= 0.6 is 0 Å². The maximum atomic E-state index is 14.9. The Balaban J connectivity index is 1.37. The largest absolute Gasteiger partial charge is 0.444 e. The van der Waals surface area contributed by atoms with Gasteiger partial charge in [0.05, 0.1) is 18.6 Å². The molecule has 0 spiro atoms. The number of Topliss-reactive ketones (excluding diaryl/α,β-unsaturated/α-hetero) is 3. The Labute approximate surface area is 367 Å². The van der Waals surface area contributed by atoms with Gasteiger partial charge in [0.2, 0.25) is 23.5 Å². The number of ether oxygens (including phenoxy) is 1. The third kappa shape index (κ3) is 12.2. The van der Waals surface area contributed by atoms with Crippen LogP contribution in [0.1, 0.15) is 131 Å². The number of rotatable bonds is 16. The minimum absolute atomic E-state index is 0.00459. The summed E-state index contributed by atoms with van der Waals surface area (Å²) in [6.07, 6.45) is 4.50. The second-order valence-corrected chi connectivity index (χ2v) is 21.0. The predicted molar refractivity (Wildman–Crippen MR) is 233 cm³/mol. The Morgan fingerprint density at radius 3 is 2.16 bits per heavy atom. The van der Waals surface area contributed by atoms with E-state index in [0.717, 1.165) is 30.4 Å². The maximum Gasteiger partial charge on any atom is 0.410 e. The summed E-state index contributed by atoms with van der Waals surface area (Å²) in [4.78, 5) is 114. The Kier molecular flexibility index (Phi) is 15.3. The number of nitrogens with zero attached hydrogens (tertiary/aromatic N) is 3. The highest BCUT2D eigenvalue weighted by molar-refractivity contribution is 6.38. The SMILES string of the molecule is C=CCCC(=O)C(=O)C(CC(=O)[C@@H]1C[C@@H](OC(=O)N2CCc3ccccc3C2)CN1C(=O)[C@@H](NC(=O)N[C@H](CN1C(=O)CC(C)(C)CC1=O)C(C)(C)C)C(C)(C)C)CC1CCC1. The zero-order valence-corrected chi connectivity index (χ0v) is 38.2. The Hall–Kier alpha value is -4.88. The van der Waals surface area contributed by atoms with Crippen molar-refractivity contribution >= 4 is 47.2 Å². The average Bonchev–Trinajstić information content (AvgIpc) is 3.59. The van der Waals surface area contributed by atoms with Crippen molar-refractivity contribution in [3.8, 4) is 0 Å². The monoisotopic (exact) mass is 860 g/mol. The van der Waals surface area contributed by atoms with E-state index in [-0.39, 0.29) is 62.9 Å². The molecule has 0 bridgehead atoms. The molecule has 1 aromatic rings. The van der Waals surface area contributed by atoms with E-state index < -0.39 is 81.8 Å². The van der Waals surface area contributed by atoms with Crippen LogP contribution in [-0.4, -0.2) is 106 Å². The lowest BCUT2D eigenvalue weighted by Gasteiger charge is -2.40. The van der Waals surface area contributed by atoms with Crippen LogP contribution in [0.4, 0.5) is 9.59 Å². The first kappa shape index (κ1) is 48.2. The van der Waals surface area contributed by atoms with Crippen molar-refractivity contribution in [1.82, 2.24) is 25.3 Å². The van der Waals surface area contributed by atoms with Gasteiger partial charge in [0, 0.05) is 57.7 Å². The van der Waals surface area contributed by atoms with Crippen LogP contribution in [0.25, 0.3) is 0 Å². The minimum atomic E-state index is -1.18. The molecule has 2 N–H and O–H groups in total. The average molecular weight is 860 g/mol. The molecule has 3 heterocycles. The van der Waals surface area contributed by atoms with Gasteiger partial charge in [0.15, 0.2) is 11.6 Å². The number of imide groups is 1. The van der Waals surface area contributed by atoms with Crippen molar-refractivity contribution in [2.24, 2.45) is 28.1 Å². The van der Waals surface area contributed by atoms with E-state index in [1.165, 1.54) is 9.80 Å². The van der Waals surface area contributed by atoms with Gasteiger partial charge in [-0.3, -0.25) is 33.7 Å². The molecule has 0 radical (unpaired) electrons. The molecule has 5 rings (SSSR count). The summed E-state index contributed by atoms with van der Waals surface area (Å²) in [5.74, 6) is -3.38. The lowest BCUT2D eigenvalue weighted by molar-refractivity contribution is -0.153. The number of urea groups is 1. The number of piperidine rings is 1. The van der Waals surface area contributed by atoms with Crippen LogP contribution in [0.5, 0.6) is 0 Å². The highest BCUT2D eigenvalue weighted by atomic mass is 16.6. The first-order valence-corrected chi connectivity index (χ1v) is 22.4. The van der Waals surface area contributed by atoms with Crippen LogP contribution in [-0.2, 0) is 46.5 Å². The van der Waals surface area contributed by atoms with Crippen LogP contribution in [0.15, 0.2) is 36.9 Å². The van der Waals surface area contributed by atoms with Crippen molar-refractivity contribution < 1.29 is 43.1 Å². The number of likely N-dealkylation sites (tertiary alicyclic amines) is 2. The predicted octanol–water partition coefficient (Wildman–Crippen LogP) is 6.32. The topological polar surface area (TPSA) is 180 Å². The van der Waals surface area contributed by atoms with Crippen LogP contribution in [0.2, 0.25) is 0 Å². The number of hydrogen-bond acceptors (Lipinski definition) is 9. The molecule has 1 saturated carbocycles. The highest BCUT2D eigenvalue weighted by Gasteiger charge is 2.48. The van der Waals surface area contributed by atoms with Gasteiger partial charge in [-0.15, -0.1) is 6.58 Å². The van der Waals surface area contributed by atoms with Gasteiger partial charge in [-0.1, -0.05) is 105 Å². The second kappa shape index (κ2) is 19.7. The van der Waals surface area contributed by atoms with E-state index >= 15 is 0 Å². The van der Waals surface area contributed by atoms with E-state index in [1.54, 1.807) is 31.7 Å². The van der Waals surface area contributed by atoms with E-state index in [0.29, 0.717) is 32.4 Å². The quantitative estimate of drug-likeness (QED) is 0.109. The minimum Gasteiger partial charge on any atom is -0.444 e. The first-order chi connectivity index (χ1) is 29.0. The second-order valence-electron chi connectivity index (χ2n) is 21.0. The number of amides is 6. The molecule has 3 aliphatic heterocycles. The standard InChI is InChI=1S/C48H69N5O9/c1-10-11-19-36(54)41(58)33(22-30-15-14-16-30)23-37(55)35-24-34(62-45(61)51-21-20-31-17-12-13-18-32(31)27-51)28-52(35)43(59)42(47(5,6)7)50-44(60)49-38(46(2,3)4)29-53-39(56)25-48(8,9)26-40(53)57/h10,12-13,17-18,30,33-35,38,42H,1,11,14-16,19-29H2,2-9H3,(H2,49,50,60)/t33?,34-,35+,38-,42-/m1/s1. The maximum absolute atomic E-state index is 14.9. The summed E-state index contributed by atoms with van der Waals surface area (Å²) in [5, 5.41) is 5.79. The number of carbonyl (C=O) groups is 8. The first-order valence-electron chi connectivity index (χ1n) is 22.4. The van der Waals surface area contributed by atoms with Crippen molar-refractivity contribution in [3.63, 3.8) is 0 Å². The number of benzene rings is 1. The molecule has 4 aliphatic rings. The molecule has 62 heavy (non-hydrogen) atoms. The number of carbonyl (C=O) groups excluding carboxylic acids is 8. The molecule has 1 aromatic carbocycles. The lowest BCUT2D eigenvalue weighted by Crippen LogP contribution is -2.62. The number of hydrogen-bond donors (Lipinski definition) is 2. The van der Waals surface area contributed by atoms with Gasteiger partial charge in [-0.2, -0.15) is 0 Å². The molecule has 14 heteroatoms. The summed E-state index contributed by atoms with van der Waals surface area (Å²) in [7, 11) is 0. The molecule has 1 unspecified atom stereocenters. The fourth-order valence-corrected chi connectivity index (χ4v) is 8.96. The van der Waals surface area contributed by atoms with Gasteiger partial charge >= 0.3 is 12.1 Å². The molecular weight excluding hydrogens is 791 g/mol. The zero-order chi connectivity index (χ0) is 45.7. The van der Waals surface area contributed by atoms with E-state index in [4.69, 9.17) is 4.74 Å². The van der Waals surface area contributed by atoms with Crippen molar-refractivity contribution in [2.75, 3.05) is 19.6 Å². The molecule has 3 fully saturated rings. The molecule has 340 valence electrons. The third-order valence-corrected chi connectivity index (χ3v) is 13.1. The van der Waals surface area contributed by atoms with Crippen molar-refractivity contribution in [1.29, 1.82) is 0 Å². The fourth-order valence-electron chi connectivity index (χ4n) is 8.96. The number of allylic oxidation sites excluding steroid dienone is 1.